The molecule has 1 aliphatic rings. The molecule has 2 heterocycles. The fourth-order valence-corrected chi connectivity index (χ4v) is 2.91. The van der Waals surface area contributed by atoms with Crippen molar-refractivity contribution in [3.8, 4) is 5.69 Å². The molecule has 0 unspecified atom stereocenters. The van der Waals surface area contributed by atoms with Crippen LogP contribution in [0.5, 0.6) is 0 Å². The van der Waals surface area contributed by atoms with Gasteiger partial charge in [-0.05, 0) is 18.9 Å². The zero-order valence-corrected chi connectivity index (χ0v) is 13.4. The molecule has 26 heavy (non-hydrogen) atoms. The molecule has 132 valence electrons. The monoisotopic (exact) mass is 358 g/mol. The second-order valence-corrected chi connectivity index (χ2v) is 6.14. The van der Waals surface area contributed by atoms with E-state index in [0.717, 1.165) is 12.3 Å². The van der Waals surface area contributed by atoms with Gasteiger partial charge in [0.1, 0.15) is 5.82 Å². The summed E-state index contributed by atoms with van der Waals surface area (Å²) in [4.78, 5) is 16.4. The second kappa shape index (κ2) is 5.98. The summed E-state index contributed by atoms with van der Waals surface area (Å²) in [6, 6.07) is 6.59. The second-order valence-electron chi connectivity index (χ2n) is 6.14. The Labute approximate surface area is 146 Å². The van der Waals surface area contributed by atoms with E-state index in [9.17, 15) is 18.0 Å². The van der Waals surface area contributed by atoms with E-state index < -0.39 is 28.8 Å². The lowest BCUT2D eigenvalue weighted by Gasteiger charge is -2.15. The molecule has 0 saturated heterocycles. The molecule has 0 radical (unpaired) electrons. The Balaban J connectivity index is 1.57. The van der Waals surface area contributed by atoms with Gasteiger partial charge >= 0.3 is 0 Å². The molecule has 1 aromatic carbocycles. The molecule has 0 bridgehead atoms. The van der Waals surface area contributed by atoms with Crippen LogP contribution in [0.3, 0.4) is 0 Å². The Kier molecular flexibility index (Phi) is 3.75. The molecular weight excluding hydrogens is 345 g/mol. The van der Waals surface area contributed by atoms with Crippen molar-refractivity contribution in [3.63, 3.8) is 0 Å². The quantitative estimate of drug-likeness (QED) is 0.778. The Morgan fingerprint density at radius 1 is 1.15 bits per heavy atom. The molecule has 1 saturated carbocycles. The van der Waals surface area contributed by atoms with E-state index in [-0.39, 0.29) is 11.4 Å². The Morgan fingerprint density at radius 3 is 2.69 bits per heavy atom. The highest BCUT2D eigenvalue weighted by Crippen LogP contribution is 2.50. The van der Waals surface area contributed by atoms with Gasteiger partial charge in [-0.15, -0.1) is 0 Å². The summed E-state index contributed by atoms with van der Waals surface area (Å²) in [6.07, 6.45) is 4.88. The van der Waals surface area contributed by atoms with E-state index in [1.807, 2.05) is 0 Å². The van der Waals surface area contributed by atoms with Crippen molar-refractivity contribution in [1.82, 2.24) is 14.8 Å². The van der Waals surface area contributed by atoms with E-state index in [1.54, 1.807) is 0 Å². The highest BCUT2D eigenvalue weighted by Gasteiger charge is 2.53. The average Bonchev–Trinajstić information content (AvgIpc) is 3.30. The average molecular weight is 358 g/mol. The molecule has 5 nitrogen and oxygen atoms in total. The highest BCUT2D eigenvalue weighted by molar-refractivity contribution is 6.00. The fourth-order valence-electron chi connectivity index (χ4n) is 2.91. The lowest BCUT2D eigenvalue weighted by molar-refractivity contribution is -0.118. The van der Waals surface area contributed by atoms with Gasteiger partial charge in [-0.1, -0.05) is 12.1 Å². The summed E-state index contributed by atoms with van der Waals surface area (Å²) >= 11 is 0. The minimum absolute atomic E-state index is 0.0452. The maximum Gasteiger partial charge on any atom is 0.236 e. The molecule has 1 fully saturated rings. The Bertz CT molecular complexity index is 998. The zero-order valence-electron chi connectivity index (χ0n) is 13.4. The molecule has 2 aromatic heterocycles. The number of benzene rings is 1. The number of aromatic nitrogens is 3. The number of amides is 1. The minimum Gasteiger partial charge on any atom is -0.308 e. The lowest BCUT2D eigenvalue weighted by Crippen LogP contribution is -2.29. The normalized spacial score (nSPS) is 14.9. The van der Waals surface area contributed by atoms with Gasteiger partial charge in [0.05, 0.1) is 23.5 Å². The first-order chi connectivity index (χ1) is 12.5. The molecule has 8 heteroatoms. The van der Waals surface area contributed by atoms with Crippen molar-refractivity contribution in [3.05, 3.63) is 71.9 Å². The number of anilines is 1. The van der Waals surface area contributed by atoms with Gasteiger partial charge in [-0.25, -0.2) is 17.9 Å². The van der Waals surface area contributed by atoms with Crippen molar-refractivity contribution in [2.75, 3.05) is 5.32 Å². The smallest absolute Gasteiger partial charge is 0.236 e. The van der Waals surface area contributed by atoms with Gasteiger partial charge in [0, 0.05) is 23.9 Å². The summed E-state index contributed by atoms with van der Waals surface area (Å²) in [7, 11) is 0. The van der Waals surface area contributed by atoms with E-state index in [1.165, 1.54) is 41.3 Å². The standard InChI is InChI=1S/C18H13F3N4O/c19-11-8-12(10-22-9-11)25-7-4-15(24-25)23-17(26)18(5-6-18)13-2-1-3-14(20)16(13)21/h1-4,7-10H,5-6H2,(H,23,24,26). The van der Waals surface area contributed by atoms with E-state index in [0.29, 0.717) is 18.5 Å². The Hall–Kier alpha value is -3.16. The van der Waals surface area contributed by atoms with Crippen molar-refractivity contribution >= 4 is 11.7 Å². The molecule has 0 spiro atoms. The van der Waals surface area contributed by atoms with E-state index in [2.05, 4.69) is 15.4 Å². The van der Waals surface area contributed by atoms with Crippen LogP contribution in [0.2, 0.25) is 0 Å². The number of rotatable bonds is 4. The number of hydrogen-bond acceptors (Lipinski definition) is 3. The van der Waals surface area contributed by atoms with Gasteiger partial charge in [0.2, 0.25) is 5.91 Å². The SMILES string of the molecule is O=C(Nc1ccn(-c2cncc(F)c2)n1)C1(c2cccc(F)c2F)CC1. The van der Waals surface area contributed by atoms with E-state index in [4.69, 9.17) is 0 Å². The molecule has 1 aliphatic carbocycles. The van der Waals surface area contributed by atoms with Crippen molar-refractivity contribution in [1.29, 1.82) is 0 Å². The number of nitrogens with zero attached hydrogens (tertiary/aromatic N) is 3. The molecular formula is C18H13F3N4O. The zero-order chi connectivity index (χ0) is 18.3. The van der Waals surface area contributed by atoms with Crippen LogP contribution >= 0.6 is 0 Å². The first kappa shape index (κ1) is 16.3. The molecule has 1 N–H and O–H groups in total. The highest BCUT2D eigenvalue weighted by atomic mass is 19.2. The van der Waals surface area contributed by atoms with Crippen molar-refractivity contribution in [2.24, 2.45) is 0 Å². The number of halogens is 3. The fraction of sp³-hybridized carbons (Fsp3) is 0.167. The molecule has 0 atom stereocenters. The molecule has 1 amide bonds. The van der Waals surface area contributed by atoms with Crippen LogP contribution in [-0.2, 0) is 10.2 Å². The first-order valence-electron chi connectivity index (χ1n) is 7.92. The van der Waals surface area contributed by atoms with Crippen LogP contribution in [0.1, 0.15) is 18.4 Å². The summed E-state index contributed by atoms with van der Waals surface area (Å²) in [5, 5.41) is 6.77. The number of hydrogen-bond donors (Lipinski definition) is 1. The predicted octanol–water partition coefficient (Wildman–Crippen LogP) is 3.35. The summed E-state index contributed by atoms with van der Waals surface area (Å²) < 4.78 is 42.2. The third kappa shape index (κ3) is 2.73. The first-order valence-corrected chi connectivity index (χ1v) is 7.92. The largest absolute Gasteiger partial charge is 0.308 e. The Morgan fingerprint density at radius 2 is 1.96 bits per heavy atom. The van der Waals surface area contributed by atoms with Gasteiger partial charge in [0.25, 0.3) is 0 Å². The van der Waals surface area contributed by atoms with Gasteiger partial charge in [-0.3, -0.25) is 9.78 Å². The van der Waals surface area contributed by atoms with Gasteiger partial charge in [0.15, 0.2) is 17.5 Å². The van der Waals surface area contributed by atoms with Crippen LogP contribution in [0, 0.1) is 17.5 Å². The van der Waals surface area contributed by atoms with Crippen LogP contribution in [0.15, 0.2) is 48.9 Å². The summed E-state index contributed by atoms with van der Waals surface area (Å²) in [5.74, 6) is -2.73. The number of carbonyl (C=O) groups is 1. The topological polar surface area (TPSA) is 59.8 Å². The maximum atomic E-state index is 14.1. The lowest BCUT2D eigenvalue weighted by atomic mass is 9.94. The summed E-state index contributed by atoms with van der Waals surface area (Å²) in [6.45, 7) is 0. The molecule has 3 aromatic rings. The number of nitrogens with one attached hydrogen (secondary N) is 1. The van der Waals surface area contributed by atoms with Crippen LogP contribution < -0.4 is 5.32 Å². The summed E-state index contributed by atoms with van der Waals surface area (Å²) in [5.41, 5.74) is -0.650. The van der Waals surface area contributed by atoms with E-state index >= 15 is 0 Å². The van der Waals surface area contributed by atoms with Crippen molar-refractivity contribution < 1.29 is 18.0 Å². The predicted molar refractivity (Wildman–Crippen MR) is 87.2 cm³/mol. The van der Waals surface area contributed by atoms with Crippen LogP contribution in [-0.4, -0.2) is 20.7 Å². The van der Waals surface area contributed by atoms with Crippen LogP contribution in [0.25, 0.3) is 5.69 Å². The third-order valence-electron chi connectivity index (χ3n) is 4.44. The van der Waals surface area contributed by atoms with Gasteiger partial charge in [-0.2, -0.15) is 5.10 Å². The maximum absolute atomic E-state index is 14.1. The van der Waals surface area contributed by atoms with Crippen LogP contribution in [0.4, 0.5) is 19.0 Å². The number of pyridine rings is 1. The van der Waals surface area contributed by atoms with Gasteiger partial charge < -0.3 is 5.32 Å². The van der Waals surface area contributed by atoms with Crippen molar-refractivity contribution in [2.45, 2.75) is 18.3 Å². The number of carbonyl (C=O) groups excluding carboxylic acids is 1. The third-order valence-corrected chi connectivity index (χ3v) is 4.44. The molecule has 0 aliphatic heterocycles. The minimum atomic E-state index is -1.09. The molecule has 4 rings (SSSR count).